The molecule has 0 bridgehead atoms. The Hall–Kier alpha value is 0.415. The van der Waals surface area contributed by atoms with Crippen molar-refractivity contribution in [1.29, 1.82) is 0 Å². The zero-order chi connectivity index (χ0) is 18.6. The molecule has 0 aromatic rings. The van der Waals surface area contributed by atoms with Gasteiger partial charge in [-0.05, 0) is 0 Å². The van der Waals surface area contributed by atoms with Gasteiger partial charge in [-0.2, -0.15) is 39.5 Å². The molecule has 6 nitrogen and oxygen atoms in total. The van der Waals surface area contributed by atoms with E-state index in [1.807, 2.05) is 0 Å². The molecule has 0 N–H and O–H groups in total. The Morgan fingerprint density at radius 2 is 0.625 bits per heavy atom. The zero-order valence-corrected chi connectivity index (χ0v) is 13.5. The van der Waals surface area contributed by atoms with Crippen LogP contribution in [-0.2, 0) is 29.5 Å². The van der Waals surface area contributed by atoms with Crippen LogP contribution in [0.25, 0.3) is 0 Å². The topological polar surface area (TPSA) is 102 Å². The normalized spacial score (nSPS) is 14.8. The summed E-state index contributed by atoms with van der Waals surface area (Å²) in [5.41, 5.74) is -21.2. The first-order valence-electron chi connectivity index (χ1n) is 3.93. The third-order valence-corrected chi connectivity index (χ3v) is 8.67. The second-order valence-electron chi connectivity index (χ2n) is 3.10. The number of hydrogen-bond acceptors (Lipinski definition) is 6. The van der Waals surface area contributed by atoms with Crippen molar-refractivity contribution < 1.29 is 104 Å². The molecule has 0 saturated heterocycles. The van der Waals surface area contributed by atoms with Crippen molar-refractivity contribution in [3.05, 3.63) is 3.91 Å². The van der Waals surface area contributed by atoms with Crippen molar-refractivity contribution in [2.75, 3.05) is 0 Å². The smallest absolute Gasteiger partial charge is 1.00 e. The molecule has 0 aliphatic rings. The summed E-state index contributed by atoms with van der Waals surface area (Å²) in [7, 11) is -24.1. The molecule has 0 fully saturated rings. The summed E-state index contributed by atoms with van der Waals surface area (Å²) < 4.78 is 167. The van der Waals surface area contributed by atoms with Gasteiger partial charge in [0.25, 0.3) is 0 Å². The summed E-state index contributed by atoms with van der Waals surface area (Å²) >= 11 is 0. The summed E-state index contributed by atoms with van der Waals surface area (Å²) in [6, 6.07) is 0. The second kappa shape index (κ2) is 7.57. The van der Waals surface area contributed by atoms with E-state index in [4.69, 9.17) is 0 Å². The minimum Gasteiger partial charge on any atom is -1.00 e. The minimum absolute atomic E-state index is 0. The maximum Gasteiger partial charge on any atom is 1.00 e. The van der Waals surface area contributed by atoms with Crippen LogP contribution in [0.15, 0.2) is 0 Å². The quantitative estimate of drug-likeness (QED) is 0.256. The van der Waals surface area contributed by atoms with Crippen LogP contribution in [0.3, 0.4) is 0 Å². The average molecular weight is 426 g/mol. The first kappa shape index (κ1) is 29.2. The van der Waals surface area contributed by atoms with Crippen LogP contribution >= 0.6 is 0 Å². The SMILES string of the molecule is O=S(=O)([C-](S(=O)(=O)C(F)(F)F)S(=O)(=O)C(F)(F)F)C(F)(F)F.[H-].[Li+].[Li+]. The Morgan fingerprint density at radius 3 is 0.708 bits per heavy atom. The van der Waals surface area contributed by atoms with E-state index in [9.17, 15) is 64.8 Å². The maximum atomic E-state index is 12.0. The van der Waals surface area contributed by atoms with Gasteiger partial charge in [0.15, 0.2) is 29.5 Å². The molecule has 136 valence electrons. The molecule has 0 aromatic carbocycles. The van der Waals surface area contributed by atoms with Crippen molar-refractivity contribution in [2.45, 2.75) is 16.5 Å². The Bertz CT molecular complexity index is 644. The van der Waals surface area contributed by atoms with Crippen molar-refractivity contribution in [2.24, 2.45) is 0 Å². The van der Waals surface area contributed by atoms with Crippen LogP contribution in [0.2, 0.25) is 0 Å². The largest absolute Gasteiger partial charge is 1.00 e. The van der Waals surface area contributed by atoms with E-state index >= 15 is 0 Å². The van der Waals surface area contributed by atoms with E-state index in [1.54, 1.807) is 0 Å². The molecule has 0 spiro atoms. The monoisotopic (exact) mass is 426 g/mol. The molecule has 0 unspecified atom stereocenters. The molecule has 0 atom stereocenters. The number of sulfone groups is 3. The zero-order valence-electron chi connectivity index (χ0n) is 12.1. The molecule has 0 rings (SSSR count). The predicted molar refractivity (Wildman–Crippen MR) is 49.3 cm³/mol. The van der Waals surface area contributed by atoms with Crippen molar-refractivity contribution in [3.8, 4) is 0 Å². The minimum atomic E-state index is -8.02. The first-order valence-corrected chi connectivity index (χ1v) is 8.38. The summed E-state index contributed by atoms with van der Waals surface area (Å²) in [6.45, 7) is 0. The average Bonchev–Trinajstić information content (AvgIpc) is 2.09. The Labute approximate surface area is 153 Å². The first-order chi connectivity index (χ1) is 9.12. The van der Waals surface area contributed by atoms with Gasteiger partial charge >= 0.3 is 54.2 Å². The molecule has 0 amide bonds. The number of hydrogen-bond donors (Lipinski definition) is 0. The van der Waals surface area contributed by atoms with E-state index in [0.717, 1.165) is 0 Å². The molecule has 20 heteroatoms. The molecular weight excluding hydrogens is 425 g/mol. The molecule has 0 aliphatic heterocycles. The van der Waals surface area contributed by atoms with E-state index in [1.165, 1.54) is 0 Å². The van der Waals surface area contributed by atoms with Gasteiger partial charge < -0.3 is 1.43 Å². The Kier molecular flexibility index (Phi) is 9.21. The van der Waals surface area contributed by atoms with E-state index in [-0.39, 0.29) is 39.1 Å². The Morgan fingerprint density at radius 1 is 0.500 bits per heavy atom. The standard InChI is InChI=1S/C4F9O6S3.2Li.H/c5-2(6,7)20(14,15)1(21(16,17)3(8,9)10)22(18,19)4(11,12)13;;;/q-1;2*+1;-1. The fourth-order valence-electron chi connectivity index (χ4n) is 0.717. The van der Waals surface area contributed by atoms with Gasteiger partial charge in [0.05, 0.1) is 3.91 Å². The molecule has 24 heavy (non-hydrogen) atoms. The van der Waals surface area contributed by atoms with E-state index in [0.29, 0.717) is 0 Å². The number of alkyl halides is 9. The van der Waals surface area contributed by atoms with Gasteiger partial charge in [-0.15, -0.1) is 0 Å². The molecular formula is C4HF9Li2O6S3. The van der Waals surface area contributed by atoms with Crippen LogP contribution < -0.4 is 37.7 Å². The fourth-order valence-corrected chi connectivity index (χ4v) is 6.45. The van der Waals surface area contributed by atoms with Gasteiger partial charge in [0.2, 0.25) is 0 Å². The predicted octanol–water partition coefficient (Wildman–Crippen LogP) is -4.64. The van der Waals surface area contributed by atoms with Crippen molar-refractivity contribution >= 4 is 29.5 Å². The van der Waals surface area contributed by atoms with Gasteiger partial charge in [0, 0.05) is 0 Å². The van der Waals surface area contributed by atoms with E-state index in [2.05, 4.69) is 0 Å². The molecule has 0 saturated carbocycles. The summed E-state index contributed by atoms with van der Waals surface area (Å²) in [4.78, 5) is 0. The van der Waals surface area contributed by atoms with Crippen molar-refractivity contribution in [3.63, 3.8) is 0 Å². The number of rotatable bonds is 3. The van der Waals surface area contributed by atoms with Crippen LogP contribution in [0.1, 0.15) is 1.43 Å². The van der Waals surface area contributed by atoms with Gasteiger partial charge in [-0.3, -0.25) is 25.3 Å². The van der Waals surface area contributed by atoms with Crippen LogP contribution in [0.4, 0.5) is 39.5 Å². The molecule has 0 aliphatic carbocycles. The summed E-state index contributed by atoms with van der Waals surface area (Å²) in [5.74, 6) is 0. The third kappa shape index (κ3) is 4.98. The summed E-state index contributed by atoms with van der Waals surface area (Å²) in [6.07, 6.45) is 0. The van der Waals surface area contributed by atoms with Crippen LogP contribution in [0, 0.1) is 3.91 Å². The Balaban J connectivity index is -0.000000735. The molecule has 0 heterocycles. The second-order valence-corrected chi connectivity index (χ2v) is 9.51. The third-order valence-electron chi connectivity index (χ3n) is 1.57. The van der Waals surface area contributed by atoms with E-state index < -0.39 is 50.0 Å². The molecule has 0 aromatic heterocycles. The maximum absolute atomic E-state index is 12.0. The molecule has 0 radical (unpaired) electrons. The fraction of sp³-hybridized carbons (Fsp3) is 0.750. The summed E-state index contributed by atoms with van der Waals surface area (Å²) in [5, 5.41) is 0. The van der Waals surface area contributed by atoms with Crippen molar-refractivity contribution in [1.82, 2.24) is 0 Å². The number of halogens is 9. The van der Waals surface area contributed by atoms with Gasteiger partial charge in [-0.1, -0.05) is 0 Å². The van der Waals surface area contributed by atoms with Crippen LogP contribution in [-0.4, -0.2) is 41.8 Å². The van der Waals surface area contributed by atoms with Crippen LogP contribution in [0.5, 0.6) is 0 Å². The van der Waals surface area contributed by atoms with Gasteiger partial charge in [-0.25, -0.2) is 0 Å². The van der Waals surface area contributed by atoms with Gasteiger partial charge in [0.1, 0.15) is 0 Å².